The van der Waals surface area contributed by atoms with Gasteiger partial charge in [0.15, 0.2) is 10.1 Å². The maximum absolute atomic E-state index is 13.8. The molecule has 9 nitrogen and oxygen atoms in total. The van der Waals surface area contributed by atoms with Crippen molar-refractivity contribution < 1.29 is 62.8 Å². The Bertz CT molecular complexity index is 830. The Morgan fingerprint density at radius 1 is 1.06 bits per heavy atom. The molecule has 0 saturated carbocycles. The fourth-order valence-electron chi connectivity index (χ4n) is 2.65. The zero-order chi connectivity index (χ0) is 25.7. The van der Waals surface area contributed by atoms with Crippen LogP contribution in [0.3, 0.4) is 0 Å². The largest absolute Gasteiger partial charge is 0.743 e. The molecular formula is C16H20F7N2O7S-. The molecule has 1 saturated heterocycles. The van der Waals surface area contributed by atoms with Crippen molar-refractivity contribution in [2.75, 3.05) is 32.8 Å². The lowest BCUT2D eigenvalue weighted by molar-refractivity contribution is -0.350. The summed E-state index contributed by atoms with van der Waals surface area (Å²) >= 11 is 0. The molecule has 1 unspecified atom stereocenters. The molecule has 1 fully saturated rings. The van der Waals surface area contributed by atoms with Crippen molar-refractivity contribution in [2.24, 2.45) is 0 Å². The van der Waals surface area contributed by atoms with E-state index in [0.29, 0.717) is 11.0 Å². The van der Waals surface area contributed by atoms with Crippen LogP contribution in [0, 0.1) is 0 Å². The van der Waals surface area contributed by atoms with Crippen molar-refractivity contribution in [1.82, 2.24) is 10.2 Å². The van der Waals surface area contributed by atoms with Gasteiger partial charge in [-0.2, -0.15) is 30.7 Å². The van der Waals surface area contributed by atoms with Gasteiger partial charge in [-0.15, -0.1) is 0 Å². The summed E-state index contributed by atoms with van der Waals surface area (Å²) in [6, 6.07) is 0. The molecular weight excluding hydrogens is 497 g/mol. The second kappa shape index (κ2) is 10.5. The molecule has 1 aliphatic heterocycles. The fraction of sp³-hybridized carbons (Fsp3) is 0.750. The van der Waals surface area contributed by atoms with Gasteiger partial charge in [0.25, 0.3) is 0 Å². The minimum Gasteiger partial charge on any atom is -0.743 e. The molecule has 17 heteroatoms. The summed E-state index contributed by atoms with van der Waals surface area (Å²) in [5.74, 6) is -13.0. The van der Waals surface area contributed by atoms with Gasteiger partial charge in [0, 0.05) is 38.7 Å². The second-order valence-electron chi connectivity index (χ2n) is 6.76. The number of nitrogens with one attached hydrogen (secondary N) is 1. The molecule has 1 N–H and O–H groups in total. The van der Waals surface area contributed by atoms with E-state index in [9.17, 15) is 53.3 Å². The van der Waals surface area contributed by atoms with E-state index in [-0.39, 0.29) is 26.2 Å². The first-order valence-electron chi connectivity index (χ1n) is 9.20. The number of rotatable bonds is 11. The van der Waals surface area contributed by atoms with Crippen LogP contribution in [0.4, 0.5) is 30.7 Å². The predicted molar refractivity (Wildman–Crippen MR) is 93.9 cm³/mol. The van der Waals surface area contributed by atoms with Crippen LogP contribution in [0.2, 0.25) is 0 Å². The quantitative estimate of drug-likeness (QED) is 0.109. The number of halogens is 7. The number of carbonyl (C=O) groups is 2. The summed E-state index contributed by atoms with van der Waals surface area (Å²) in [4.78, 5) is 24.8. The van der Waals surface area contributed by atoms with Crippen molar-refractivity contribution in [1.29, 1.82) is 0 Å². The van der Waals surface area contributed by atoms with E-state index in [1.165, 1.54) is 0 Å². The summed E-state index contributed by atoms with van der Waals surface area (Å²) in [7, 11) is -6.72. The summed E-state index contributed by atoms with van der Waals surface area (Å²) < 4.78 is 134. The SMILES string of the molecule is C=CC(=O)OC(OCCCCC(F)(F)C(F)(F)S(=O)(=O)[O-])(C(=O)N1CCNCC1)C(F)(F)F. The van der Waals surface area contributed by atoms with Crippen LogP contribution >= 0.6 is 0 Å². The zero-order valence-corrected chi connectivity index (χ0v) is 17.6. The highest BCUT2D eigenvalue weighted by Gasteiger charge is 2.67. The second-order valence-corrected chi connectivity index (χ2v) is 8.18. The van der Waals surface area contributed by atoms with Gasteiger partial charge in [-0.1, -0.05) is 6.58 Å². The number of carbonyl (C=O) groups excluding carboxylic acids is 2. The van der Waals surface area contributed by atoms with Crippen molar-refractivity contribution in [3.8, 4) is 0 Å². The minimum atomic E-state index is -6.72. The molecule has 0 aromatic carbocycles. The number of alkyl halides is 7. The van der Waals surface area contributed by atoms with E-state index in [1.54, 1.807) is 0 Å². The molecule has 1 heterocycles. The first kappa shape index (κ1) is 29.1. The molecule has 1 atom stereocenters. The molecule has 0 aliphatic carbocycles. The van der Waals surface area contributed by atoms with Gasteiger partial charge in [-0.25, -0.2) is 13.2 Å². The van der Waals surface area contributed by atoms with E-state index in [2.05, 4.69) is 21.4 Å². The van der Waals surface area contributed by atoms with Gasteiger partial charge in [0.2, 0.25) is 0 Å². The van der Waals surface area contributed by atoms with Crippen LogP contribution < -0.4 is 5.32 Å². The van der Waals surface area contributed by atoms with Crippen molar-refractivity contribution in [3.63, 3.8) is 0 Å². The van der Waals surface area contributed by atoms with Gasteiger partial charge >= 0.3 is 35.0 Å². The first-order chi connectivity index (χ1) is 14.9. The minimum absolute atomic E-state index is 0.112. The van der Waals surface area contributed by atoms with E-state index >= 15 is 0 Å². The van der Waals surface area contributed by atoms with Crippen LogP contribution in [0.15, 0.2) is 12.7 Å². The third kappa shape index (κ3) is 6.54. The maximum Gasteiger partial charge on any atom is 0.466 e. The third-order valence-electron chi connectivity index (χ3n) is 4.40. The Morgan fingerprint density at radius 2 is 1.61 bits per heavy atom. The Kier molecular flexibility index (Phi) is 9.26. The van der Waals surface area contributed by atoms with E-state index in [4.69, 9.17) is 0 Å². The molecule has 1 rings (SSSR count). The van der Waals surface area contributed by atoms with Crippen LogP contribution in [-0.4, -0.2) is 85.7 Å². The molecule has 192 valence electrons. The molecule has 0 bridgehead atoms. The highest BCUT2D eigenvalue weighted by molar-refractivity contribution is 7.86. The van der Waals surface area contributed by atoms with Gasteiger partial charge in [0.1, 0.15) is 0 Å². The number of nitrogens with zero attached hydrogens (tertiary/aromatic N) is 1. The van der Waals surface area contributed by atoms with E-state index in [1.807, 2.05) is 0 Å². The first-order valence-corrected chi connectivity index (χ1v) is 10.6. The lowest BCUT2D eigenvalue weighted by atomic mass is 10.1. The van der Waals surface area contributed by atoms with Crippen molar-refractivity contribution in [2.45, 2.75) is 42.4 Å². The zero-order valence-electron chi connectivity index (χ0n) is 16.8. The average molecular weight is 517 g/mol. The predicted octanol–water partition coefficient (Wildman–Crippen LogP) is 1.37. The molecule has 0 aromatic heterocycles. The molecule has 1 amide bonds. The van der Waals surface area contributed by atoms with Gasteiger partial charge < -0.3 is 24.2 Å². The van der Waals surface area contributed by atoms with E-state index in [0.717, 1.165) is 0 Å². The molecule has 0 spiro atoms. The van der Waals surface area contributed by atoms with Crippen molar-refractivity contribution >= 4 is 22.0 Å². The number of unbranched alkanes of at least 4 members (excludes halogenated alkanes) is 1. The molecule has 1 aliphatic rings. The Hall–Kier alpha value is -1.98. The number of amides is 1. The number of hydrogen-bond acceptors (Lipinski definition) is 8. The Labute approximate surface area is 183 Å². The molecule has 33 heavy (non-hydrogen) atoms. The monoisotopic (exact) mass is 517 g/mol. The van der Waals surface area contributed by atoms with Crippen LogP contribution in [0.25, 0.3) is 0 Å². The number of piperazine rings is 1. The normalized spacial score (nSPS) is 17.9. The number of esters is 1. The number of ether oxygens (including phenoxy) is 2. The smallest absolute Gasteiger partial charge is 0.466 e. The summed E-state index contributed by atoms with van der Waals surface area (Å²) in [6.45, 7) is 1.53. The molecule has 0 radical (unpaired) electrons. The van der Waals surface area contributed by atoms with Crippen molar-refractivity contribution in [3.05, 3.63) is 12.7 Å². The van der Waals surface area contributed by atoms with Gasteiger partial charge in [0.05, 0.1) is 6.61 Å². The molecule has 0 aromatic rings. The Morgan fingerprint density at radius 3 is 2.06 bits per heavy atom. The van der Waals surface area contributed by atoms with Crippen LogP contribution in [0.1, 0.15) is 19.3 Å². The fourth-order valence-corrected chi connectivity index (χ4v) is 3.12. The summed E-state index contributed by atoms with van der Waals surface area (Å²) in [5, 5.41) is -3.18. The third-order valence-corrected chi connectivity index (χ3v) is 5.33. The highest BCUT2D eigenvalue weighted by Crippen LogP contribution is 2.42. The van der Waals surface area contributed by atoms with Gasteiger partial charge in [-0.3, -0.25) is 4.79 Å². The summed E-state index contributed by atoms with van der Waals surface area (Å²) in [6.07, 6.45) is -9.09. The maximum atomic E-state index is 13.8. The topological polar surface area (TPSA) is 125 Å². The van der Waals surface area contributed by atoms with Gasteiger partial charge in [-0.05, 0) is 12.8 Å². The number of hydrogen-bond donors (Lipinski definition) is 1. The van der Waals surface area contributed by atoms with E-state index < -0.39 is 71.0 Å². The van der Waals surface area contributed by atoms with Crippen LogP contribution in [-0.2, 0) is 29.2 Å². The highest BCUT2D eigenvalue weighted by atomic mass is 32.2. The standard InChI is InChI=1S/C16H21F7N2O7S/c1-2-11(26)32-14(15(19,20)21,12(27)25-8-6-24-7-9-25)31-10-4-3-5-13(17,18)16(22,23)33(28,29)30/h2,24H,1,3-10H2,(H,28,29,30)/p-1. The Balaban J connectivity index is 2.99. The average Bonchev–Trinajstić information content (AvgIpc) is 2.70. The van der Waals surface area contributed by atoms with Crippen LogP contribution in [0.5, 0.6) is 0 Å². The lowest BCUT2D eigenvalue weighted by Crippen LogP contribution is -2.64. The lowest BCUT2D eigenvalue weighted by Gasteiger charge is -2.38. The summed E-state index contributed by atoms with van der Waals surface area (Å²) in [5.41, 5.74) is 0.